The number of imide groups is 1. The molecule has 5 nitrogen and oxygen atoms in total. The van der Waals surface area contributed by atoms with Gasteiger partial charge in [0.1, 0.15) is 11.6 Å². The Balaban J connectivity index is 0.000000330. The molecule has 1 heterocycles. The molecule has 2 aromatic rings. The first-order valence-electron chi connectivity index (χ1n) is 10.0. The number of hydrogen-bond donors (Lipinski definition) is 0. The summed E-state index contributed by atoms with van der Waals surface area (Å²) < 4.78 is 25.1. The van der Waals surface area contributed by atoms with E-state index >= 15 is 0 Å². The van der Waals surface area contributed by atoms with Crippen LogP contribution in [-0.2, 0) is 9.53 Å². The molecule has 2 aliphatic rings. The van der Waals surface area contributed by atoms with Crippen LogP contribution in [0.15, 0.2) is 53.8 Å². The number of rotatable bonds is 3. The minimum Gasteiger partial charge on any atom is -0.489 e. The van der Waals surface area contributed by atoms with Gasteiger partial charge in [-0.3, -0.25) is 4.79 Å². The summed E-state index contributed by atoms with van der Waals surface area (Å²) in [6.45, 7) is 6.99. The van der Waals surface area contributed by atoms with E-state index in [0.717, 1.165) is 37.3 Å². The van der Waals surface area contributed by atoms with Crippen molar-refractivity contribution in [2.24, 2.45) is 0 Å². The fourth-order valence-corrected chi connectivity index (χ4v) is 3.52. The third kappa shape index (κ3) is 5.44. The van der Waals surface area contributed by atoms with E-state index in [1.54, 1.807) is 13.8 Å². The highest BCUT2D eigenvalue weighted by Crippen LogP contribution is 2.37. The number of amides is 2. The maximum atomic E-state index is 14.3. The molecule has 1 saturated heterocycles. The molecular weight excluding hydrogens is 421 g/mol. The van der Waals surface area contributed by atoms with E-state index in [9.17, 15) is 14.0 Å². The van der Waals surface area contributed by atoms with Crippen LogP contribution in [0.1, 0.15) is 45.1 Å². The van der Waals surface area contributed by atoms with Crippen LogP contribution in [0.3, 0.4) is 0 Å². The summed E-state index contributed by atoms with van der Waals surface area (Å²) in [5.74, 6) is -1.33. The van der Waals surface area contributed by atoms with E-state index in [-0.39, 0.29) is 28.3 Å². The summed E-state index contributed by atoms with van der Waals surface area (Å²) in [6, 6.07) is 12.2. The van der Waals surface area contributed by atoms with Crippen molar-refractivity contribution in [2.45, 2.75) is 45.6 Å². The lowest BCUT2D eigenvalue weighted by Gasteiger charge is -2.18. The van der Waals surface area contributed by atoms with Crippen LogP contribution in [0.5, 0.6) is 5.75 Å². The van der Waals surface area contributed by atoms with E-state index < -0.39 is 17.8 Å². The van der Waals surface area contributed by atoms with Crippen LogP contribution in [0, 0.1) is 12.7 Å². The normalized spacial score (nSPS) is 16.2. The first-order chi connectivity index (χ1) is 14.8. The Hall–Kier alpha value is -2.86. The quantitative estimate of drug-likeness (QED) is 0.510. The Morgan fingerprint density at radius 1 is 1.16 bits per heavy atom. The van der Waals surface area contributed by atoms with Gasteiger partial charge < -0.3 is 9.47 Å². The van der Waals surface area contributed by atoms with E-state index in [0.29, 0.717) is 10.5 Å². The number of carbonyl (C=O) groups is 2. The maximum Gasteiger partial charge on any atom is 0.427 e. The van der Waals surface area contributed by atoms with Crippen LogP contribution in [0.2, 0.25) is 5.02 Å². The van der Waals surface area contributed by atoms with Crippen molar-refractivity contribution in [2.75, 3.05) is 4.90 Å². The molecule has 0 unspecified atom stereocenters. The molecule has 1 saturated carbocycles. The summed E-state index contributed by atoms with van der Waals surface area (Å²) in [4.78, 5) is 25.0. The van der Waals surface area contributed by atoms with Crippen LogP contribution in [0.25, 0.3) is 0 Å². The standard InChI is InChI=1S/C17H17ClFNO4.C7H7/c1-9(2)15-16(21)20(17(22)24-15)13-8-14(11(18)7-12(13)19)23-10-5-3-4-6-10;1-7-5-3-2-4-6-7/h7-8,10H,3-6H2,1-2H3;2-6H,1H2. The fraction of sp³-hybridized carbons (Fsp3) is 0.292. The average Bonchev–Trinajstić information content (AvgIpc) is 3.33. The molecule has 0 N–H and O–H groups in total. The number of ether oxygens (including phenoxy) is 2. The van der Waals surface area contributed by atoms with Crippen LogP contribution >= 0.6 is 11.6 Å². The highest BCUT2D eigenvalue weighted by molar-refractivity contribution is 6.32. The van der Waals surface area contributed by atoms with Gasteiger partial charge in [-0.2, -0.15) is 0 Å². The lowest BCUT2D eigenvalue weighted by Crippen LogP contribution is -2.29. The Bertz CT molecular complexity index is 996. The van der Waals surface area contributed by atoms with Gasteiger partial charge in [0, 0.05) is 6.07 Å². The molecule has 0 atom stereocenters. The Kier molecular flexibility index (Phi) is 7.33. The number of hydrogen-bond acceptors (Lipinski definition) is 4. The predicted molar refractivity (Wildman–Crippen MR) is 118 cm³/mol. The van der Waals surface area contributed by atoms with Gasteiger partial charge >= 0.3 is 12.0 Å². The van der Waals surface area contributed by atoms with Gasteiger partial charge in [-0.15, -0.1) is 0 Å². The fourth-order valence-electron chi connectivity index (χ4n) is 3.33. The molecule has 1 aliphatic carbocycles. The van der Waals surface area contributed by atoms with Crippen molar-refractivity contribution in [1.29, 1.82) is 0 Å². The maximum absolute atomic E-state index is 14.3. The van der Waals surface area contributed by atoms with Crippen molar-refractivity contribution in [3.05, 3.63) is 77.1 Å². The van der Waals surface area contributed by atoms with Crippen molar-refractivity contribution in [1.82, 2.24) is 0 Å². The van der Waals surface area contributed by atoms with Crippen LogP contribution in [-0.4, -0.2) is 18.1 Å². The number of anilines is 1. The third-order valence-corrected chi connectivity index (χ3v) is 5.20. The molecule has 0 aromatic heterocycles. The van der Waals surface area contributed by atoms with Crippen molar-refractivity contribution in [3.63, 3.8) is 0 Å². The second-order valence-corrected chi connectivity index (χ2v) is 7.99. The Labute approximate surface area is 186 Å². The molecule has 0 spiro atoms. The molecule has 31 heavy (non-hydrogen) atoms. The number of benzene rings is 2. The van der Waals surface area contributed by atoms with Gasteiger partial charge in [0.15, 0.2) is 5.76 Å². The van der Waals surface area contributed by atoms with E-state index in [4.69, 9.17) is 21.1 Å². The SMILES string of the molecule is CC(C)=C1OC(=O)N(c2cc(OC3CCCC3)c(Cl)cc2F)C1=O.[CH2]c1ccccc1. The lowest BCUT2D eigenvalue weighted by atomic mass is 10.2. The summed E-state index contributed by atoms with van der Waals surface area (Å²) in [6.07, 6.45) is 3.00. The minimum atomic E-state index is -0.941. The van der Waals surface area contributed by atoms with Gasteiger partial charge in [-0.1, -0.05) is 41.9 Å². The monoisotopic (exact) mass is 444 g/mol. The molecular formula is C24H24ClFNO4. The Morgan fingerprint density at radius 3 is 2.32 bits per heavy atom. The number of nitrogens with zero attached hydrogens (tertiary/aromatic N) is 1. The van der Waals surface area contributed by atoms with Crippen LogP contribution < -0.4 is 9.64 Å². The zero-order valence-electron chi connectivity index (χ0n) is 17.5. The molecule has 2 aromatic carbocycles. The number of allylic oxidation sites excluding steroid dienone is 1. The molecule has 4 rings (SSSR count). The zero-order valence-corrected chi connectivity index (χ0v) is 18.2. The predicted octanol–water partition coefficient (Wildman–Crippen LogP) is 6.45. The number of cyclic esters (lactones) is 1. The smallest absolute Gasteiger partial charge is 0.427 e. The summed E-state index contributed by atoms with van der Waals surface area (Å²) in [5, 5.41) is 0.102. The molecule has 0 bridgehead atoms. The highest BCUT2D eigenvalue weighted by atomic mass is 35.5. The summed E-state index contributed by atoms with van der Waals surface area (Å²) in [5.41, 5.74) is 1.38. The molecule has 7 heteroatoms. The number of carbonyl (C=O) groups excluding carboxylic acids is 2. The minimum absolute atomic E-state index is 0.00962. The molecule has 1 radical (unpaired) electrons. The van der Waals surface area contributed by atoms with Gasteiger partial charge in [0.05, 0.1) is 16.8 Å². The van der Waals surface area contributed by atoms with Crippen molar-refractivity contribution in [3.8, 4) is 5.75 Å². The van der Waals surface area contributed by atoms with Crippen LogP contribution in [0.4, 0.5) is 14.9 Å². The number of halogens is 2. The molecule has 2 fully saturated rings. The molecule has 2 amide bonds. The lowest BCUT2D eigenvalue weighted by molar-refractivity contribution is -0.114. The second-order valence-electron chi connectivity index (χ2n) is 7.58. The molecule has 1 aliphatic heterocycles. The Morgan fingerprint density at radius 2 is 1.81 bits per heavy atom. The van der Waals surface area contributed by atoms with Crippen molar-refractivity contribution >= 4 is 29.3 Å². The van der Waals surface area contributed by atoms with Gasteiger partial charge in [-0.25, -0.2) is 14.1 Å². The van der Waals surface area contributed by atoms with Gasteiger partial charge in [0.2, 0.25) is 0 Å². The third-order valence-electron chi connectivity index (χ3n) is 4.90. The van der Waals surface area contributed by atoms with E-state index in [1.807, 2.05) is 30.3 Å². The largest absolute Gasteiger partial charge is 0.489 e. The van der Waals surface area contributed by atoms with Crippen molar-refractivity contribution < 1.29 is 23.5 Å². The zero-order chi connectivity index (χ0) is 22.5. The van der Waals surface area contributed by atoms with E-state index in [1.165, 1.54) is 6.07 Å². The summed E-state index contributed by atoms with van der Waals surface area (Å²) in [7, 11) is 0. The first-order valence-corrected chi connectivity index (χ1v) is 10.4. The topological polar surface area (TPSA) is 55.8 Å². The van der Waals surface area contributed by atoms with Gasteiger partial charge in [0.25, 0.3) is 0 Å². The van der Waals surface area contributed by atoms with E-state index in [2.05, 4.69) is 6.92 Å². The molecule has 163 valence electrons. The van der Waals surface area contributed by atoms with Gasteiger partial charge in [-0.05, 0) is 63.7 Å². The average molecular weight is 445 g/mol. The summed E-state index contributed by atoms with van der Waals surface area (Å²) >= 11 is 6.04. The highest BCUT2D eigenvalue weighted by Gasteiger charge is 2.40. The first kappa shape index (κ1) is 22.8. The second kappa shape index (κ2) is 9.96.